The van der Waals surface area contributed by atoms with Crippen molar-refractivity contribution in [3.8, 4) is 0 Å². The summed E-state index contributed by atoms with van der Waals surface area (Å²) in [6, 6.07) is 15.5. The number of allylic oxidation sites excluding steroid dienone is 2. The molecule has 2 heterocycles. The molecule has 0 spiro atoms. The number of H-pyrrole nitrogens is 2. The number of ketones is 2. The topological polar surface area (TPSA) is 65.7 Å². The Morgan fingerprint density at radius 1 is 0.654 bits per heavy atom. The normalized spacial score (nSPS) is 12.4. The van der Waals surface area contributed by atoms with Gasteiger partial charge in [0.15, 0.2) is 11.6 Å². The van der Waals surface area contributed by atoms with Crippen molar-refractivity contribution in [1.29, 1.82) is 0 Å². The van der Waals surface area contributed by atoms with E-state index in [-0.39, 0.29) is 11.6 Å². The highest BCUT2D eigenvalue weighted by atomic mass is 16.1. The predicted molar refractivity (Wildman–Crippen MR) is 105 cm³/mol. The van der Waals surface area contributed by atoms with Gasteiger partial charge in [-0.2, -0.15) is 0 Å². The molecule has 0 unspecified atom stereocenters. The Labute approximate surface area is 150 Å². The van der Waals surface area contributed by atoms with Gasteiger partial charge < -0.3 is 9.97 Å². The number of rotatable bonds is 4. The van der Waals surface area contributed by atoms with Crippen LogP contribution >= 0.6 is 0 Å². The molecular weight excluding hydrogens is 324 g/mol. The molecule has 26 heavy (non-hydrogen) atoms. The zero-order valence-corrected chi connectivity index (χ0v) is 14.6. The van der Waals surface area contributed by atoms with Crippen LogP contribution in [0.3, 0.4) is 0 Å². The molecular formula is C22H18N2O2. The molecule has 0 amide bonds. The molecule has 4 nitrogen and oxygen atoms in total. The zero-order chi connectivity index (χ0) is 18.3. The molecule has 128 valence electrons. The van der Waals surface area contributed by atoms with Crippen LogP contribution in [0.1, 0.15) is 25.0 Å². The number of aromatic nitrogens is 2. The Morgan fingerprint density at radius 2 is 1.04 bits per heavy atom. The number of carbonyl (C=O) groups is 2. The fraction of sp³-hybridized carbons (Fsp3) is 0.0909. The van der Waals surface area contributed by atoms with E-state index in [1.165, 1.54) is 13.8 Å². The van der Waals surface area contributed by atoms with Gasteiger partial charge in [-0.1, -0.05) is 36.4 Å². The summed E-state index contributed by atoms with van der Waals surface area (Å²) in [5, 5.41) is 1.85. The Kier molecular flexibility index (Phi) is 3.81. The first-order valence-electron chi connectivity index (χ1n) is 8.47. The monoisotopic (exact) mass is 342 g/mol. The molecule has 0 aliphatic heterocycles. The molecule has 0 atom stereocenters. The summed E-state index contributed by atoms with van der Waals surface area (Å²) in [5.74, 6) is -0.268. The number of carbonyl (C=O) groups excluding carboxylic acids is 2. The molecule has 0 aliphatic carbocycles. The van der Waals surface area contributed by atoms with Gasteiger partial charge in [-0.3, -0.25) is 9.59 Å². The number of hydrogen-bond donors (Lipinski definition) is 2. The lowest BCUT2D eigenvalue weighted by atomic mass is 9.89. The molecule has 0 radical (unpaired) electrons. The lowest BCUT2D eigenvalue weighted by Gasteiger charge is -2.11. The minimum Gasteiger partial charge on any atom is -0.361 e. The summed E-state index contributed by atoms with van der Waals surface area (Å²) in [7, 11) is 0. The van der Waals surface area contributed by atoms with E-state index >= 15 is 0 Å². The number of para-hydroxylation sites is 2. The van der Waals surface area contributed by atoms with E-state index in [4.69, 9.17) is 0 Å². The molecule has 4 aromatic rings. The van der Waals surface area contributed by atoms with Gasteiger partial charge in [0.05, 0.1) is 0 Å². The molecule has 0 fully saturated rings. The molecule has 0 saturated carbocycles. The quantitative estimate of drug-likeness (QED) is 0.526. The van der Waals surface area contributed by atoms with E-state index in [0.29, 0.717) is 11.1 Å². The van der Waals surface area contributed by atoms with Gasteiger partial charge in [0.2, 0.25) is 0 Å². The molecule has 4 rings (SSSR count). The van der Waals surface area contributed by atoms with Crippen LogP contribution in [-0.2, 0) is 9.59 Å². The van der Waals surface area contributed by atoms with Gasteiger partial charge in [-0.25, -0.2) is 0 Å². The standard InChI is InChI=1S/C22H18N2O2/c1-13(25)21(17-11-23-19-9-5-3-7-15(17)19)22(14(2)26)18-12-24-20-10-6-4-8-16(18)20/h3-12,23-24H,1-2H3/b22-21-. The maximum absolute atomic E-state index is 12.6. The highest BCUT2D eigenvalue weighted by Crippen LogP contribution is 2.35. The van der Waals surface area contributed by atoms with Crippen molar-refractivity contribution in [2.75, 3.05) is 0 Å². The van der Waals surface area contributed by atoms with Crippen LogP contribution in [0.2, 0.25) is 0 Å². The van der Waals surface area contributed by atoms with Crippen LogP contribution in [0.15, 0.2) is 60.9 Å². The summed E-state index contributed by atoms with van der Waals surface area (Å²) in [4.78, 5) is 31.6. The van der Waals surface area contributed by atoms with Gasteiger partial charge in [-0.05, 0) is 26.0 Å². The predicted octanol–water partition coefficient (Wildman–Crippen LogP) is 4.74. The van der Waals surface area contributed by atoms with Crippen LogP contribution in [0, 0.1) is 0 Å². The van der Waals surface area contributed by atoms with Crippen molar-refractivity contribution in [3.05, 3.63) is 72.1 Å². The van der Waals surface area contributed by atoms with Crippen molar-refractivity contribution >= 4 is 44.5 Å². The van der Waals surface area contributed by atoms with Gasteiger partial charge in [0, 0.05) is 56.5 Å². The summed E-state index contributed by atoms with van der Waals surface area (Å²) < 4.78 is 0. The van der Waals surface area contributed by atoms with Crippen LogP contribution in [0.5, 0.6) is 0 Å². The highest BCUT2D eigenvalue weighted by Gasteiger charge is 2.23. The third-order valence-corrected chi connectivity index (χ3v) is 4.67. The molecule has 0 bridgehead atoms. The second kappa shape index (κ2) is 6.15. The van der Waals surface area contributed by atoms with Gasteiger partial charge in [0.1, 0.15) is 0 Å². The SMILES string of the molecule is CC(=O)/C(=C(\C(C)=O)c1c[nH]c2ccccc12)c1c[nH]c2ccccc12. The molecule has 2 N–H and O–H groups in total. The molecule has 4 heteroatoms. The minimum atomic E-state index is -0.134. The van der Waals surface area contributed by atoms with Crippen molar-refractivity contribution in [2.24, 2.45) is 0 Å². The maximum Gasteiger partial charge on any atom is 0.161 e. The number of aromatic amines is 2. The molecule has 0 aliphatic rings. The van der Waals surface area contributed by atoms with E-state index < -0.39 is 0 Å². The van der Waals surface area contributed by atoms with Crippen LogP contribution in [0.25, 0.3) is 33.0 Å². The summed E-state index contributed by atoms with van der Waals surface area (Å²) in [6.45, 7) is 3.02. The Hall–Kier alpha value is -3.40. The highest BCUT2D eigenvalue weighted by molar-refractivity contribution is 6.42. The minimum absolute atomic E-state index is 0.134. The van der Waals surface area contributed by atoms with E-state index in [1.54, 1.807) is 12.4 Å². The average Bonchev–Trinajstić information content (AvgIpc) is 3.23. The third-order valence-electron chi connectivity index (χ3n) is 4.67. The lowest BCUT2D eigenvalue weighted by molar-refractivity contribution is -0.113. The number of fused-ring (bicyclic) bond motifs is 2. The van der Waals surface area contributed by atoms with Gasteiger partial charge in [-0.15, -0.1) is 0 Å². The fourth-order valence-electron chi connectivity index (χ4n) is 3.56. The van der Waals surface area contributed by atoms with Crippen LogP contribution in [0.4, 0.5) is 0 Å². The number of nitrogens with one attached hydrogen (secondary N) is 2. The Morgan fingerprint density at radius 3 is 1.42 bits per heavy atom. The summed E-state index contributed by atoms with van der Waals surface area (Å²) >= 11 is 0. The van der Waals surface area contributed by atoms with Crippen molar-refractivity contribution in [1.82, 2.24) is 9.97 Å². The lowest BCUT2D eigenvalue weighted by Crippen LogP contribution is -2.06. The summed E-state index contributed by atoms with van der Waals surface area (Å²) in [5.41, 5.74) is 4.26. The zero-order valence-electron chi connectivity index (χ0n) is 14.6. The number of hydrogen-bond acceptors (Lipinski definition) is 2. The van der Waals surface area contributed by atoms with Gasteiger partial charge >= 0.3 is 0 Å². The second-order valence-electron chi connectivity index (χ2n) is 6.36. The van der Waals surface area contributed by atoms with Crippen LogP contribution in [-0.4, -0.2) is 21.5 Å². The fourth-order valence-corrected chi connectivity index (χ4v) is 3.56. The van der Waals surface area contributed by atoms with Crippen molar-refractivity contribution in [3.63, 3.8) is 0 Å². The van der Waals surface area contributed by atoms with E-state index in [0.717, 1.165) is 32.9 Å². The van der Waals surface area contributed by atoms with Gasteiger partial charge in [0.25, 0.3) is 0 Å². The van der Waals surface area contributed by atoms with E-state index in [2.05, 4.69) is 9.97 Å². The van der Waals surface area contributed by atoms with Crippen LogP contribution < -0.4 is 0 Å². The first-order valence-corrected chi connectivity index (χ1v) is 8.47. The number of benzene rings is 2. The van der Waals surface area contributed by atoms with E-state index in [1.807, 2.05) is 48.5 Å². The Bertz CT molecular complexity index is 1100. The molecule has 2 aromatic carbocycles. The largest absolute Gasteiger partial charge is 0.361 e. The van der Waals surface area contributed by atoms with Crippen molar-refractivity contribution in [2.45, 2.75) is 13.8 Å². The molecule has 2 aromatic heterocycles. The molecule has 0 saturated heterocycles. The average molecular weight is 342 g/mol. The maximum atomic E-state index is 12.6. The first kappa shape index (κ1) is 16.1. The third kappa shape index (κ3) is 2.47. The smallest absolute Gasteiger partial charge is 0.161 e. The van der Waals surface area contributed by atoms with Crippen molar-refractivity contribution < 1.29 is 9.59 Å². The summed E-state index contributed by atoms with van der Waals surface area (Å²) in [6.07, 6.45) is 3.61. The Balaban J connectivity index is 2.09. The van der Waals surface area contributed by atoms with E-state index in [9.17, 15) is 9.59 Å². The number of Topliss-reactive ketones (excluding diaryl/α,β-unsaturated/α-hetero) is 2. The first-order chi connectivity index (χ1) is 12.6. The second-order valence-corrected chi connectivity index (χ2v) is 6.36.